The second-order valence-electron chi connectivity index (χ2n) is 7.35. The second-order valence-corrected chi connectivity index (χ2v) is 7.35. The Bertz CT molecular complexity index is 511. The minimum Gasteiger partial charge on any atom is -0.462 e. The van der Waals surface area contributed by atoms with E-state index >= 15 is 0 Å². The van der Waals surface area contributed by atoms with Crippen molar-refractivity contribution in [1.29, 1.82) is 0 Å². The van der Waals surface area contributed by atoms with Gasteiger partial charge in [-0.15, -0.1) is 0 Å². The molecule has 0 spiro atoms. The highest BCUT2D eigenvalue weighted by Crippen LogP contribution is 2.14. The Balaban J connectivity index is 0.00000784. The molecule has 1 aromatic carbocycles. The van der Waals surface area contributed by atoms with Crippen molar-refractivity contribution in [3.63, 3.8) is 0 Å². The number of hydrogen-bond donors (Lipinski definition) is 0. The molecule has 0 bridgehead atoms. The first-order valence-electron chi connectivity index (χ1n) is 11.1. The Kier molecular flexibility index (Phi) is 14.0. The standard InChI is InChI=1S/C24H38O4/c1-3-5-7-9-11-15-19-27-23(25)21-17-13-14-18-22(21)24(26)28-20-16-12-10-8-6-4-2/h13-14,17-18H,3-12,15-16,19-20H2,1-2H3/p+1. The van der Waals surface area contributed by atoms with E-state index in [0.717, 1.165) is 25.7 Å². The van der Waals surface area contributed by atoms with E-state index in [1.165, 1.54) is 51.4 Å². The molecular weight excluding hydrogens is 352 g/mol. The summed E-state index contributed by atoms with van der Waals surface area (Å²) in [4.78, 5) is 24.7. The van der Waals surface area contributed by atoms with Gasteiger partial charge in [-0.3, -0.25) is 0 Å². The van der Waals surface area contributed by atoms with E-state index in [0.29, 0.717) is 24.3 Å². The highest BCUT2D eigenvalue weighted by Gasteiger charge is 2.18. The predicted molar refractivity (Wildman–Crippen MR) is 115 cm³/mol. The number of hydrogen-bond acceptors (Lipinski definition) is 4. The van der Waals surface area contributed by atoms with Crippen LogP contribution in [0.25, 0.3) is 0 Å². The van der Waals surface area contributed by atoms with E-state index in [2.05, 4.69) is 13.8 Å². The average Bonchev–Trinajstić information content (AvgIpc) is 2.72. The number of carbonyl (C=O) groups excluding carboxylic acids is 2. The zero-order valence-corrected chi connectivity index (χ0v) is 17.8. The zero-order valence-electron chi connectivity index (χ0n) is 18.8. The molecule has 158 valence electrons. The maximum absolute atomic E-state index is 12.4. The van der Waals surface area contributed by atoms with Gasteiger partial charge in [0.1, 0.15) is 0 Å². The van der Waals surface area contributed by atoms with Crippen LogP contribution >= 0.6 is 0 Å². The van der Waals surface area contributed by atoms with Crippen LogP contribution in [0.1, 0.15) is 113 Å². The Hall–Kier alpha value is -1.84. The molecule has 0 saturated heterocycles. The fraction of sp³-hybridized carbons (Fsp3) is 0.667. The van der Waals surface area contributed by atoms with Gasteiger partial charge in [-0.25, -0.2) is 9.59 Å². The summed E-state index contributed by atoms with van der Waals surface area (Å²) in [7, 11) is 0. The molecule has 1 aromatic rings. The molecule has 0 N–H and O–H groups in total. The summed E-state index contributed by atoms with van der Waals surface area (Å²) >= 11 is 0. The van der Waals surface area contributed by atoms with Crippen molar-refractivity contribution in [2.24, 2.45) is 0 Å². The maximum atomic E-state index is 12.4. The summed E-state index contributed by atoms with van der Waals surface area (Å²) in [6.45, 7) is 5.17. The Morgan fingerprint density at radius 1 is 0.643 bits per heavy atom. The lowest BCUT2D eigenvalue weighted by molar-refractivity contribution is 0.0450. The van der Waals surface area contributed by atoms with Crippen LogP contribution in [0.4, 0.5) is 0 Å². The Morgan fingerprint density at radius 2 is 1.00 bits per heavy atom. The van der Waals surface area contributed by atoms with Crippen LogP contribution in [0.3, 0.4) is 0 Å². The van der Waals surface area contributed by atoms with Gasteiger partial charge < -0.3 is 9.47 Å². The number of benzene rings is 1. The van der Waals surface area contributed by atoms with Crippen LogP contribution in [-0.2, 0) is 9.47 Å². The maximum Gasteiger partial charge on any atom is 1.00 e. The summed E-state index contributed by atoms with van der Waals surface area (Å²) in [5.74, 6) is -0.888. The molecule has 0 aliphatic rings. The smallest absolute Gasteiger partial charge is 0.462 e. The third-order valence-electron chi connectivity index (χ3n) is 4.83. The van der Waals surface area contributed by atoms with Gasteiger partial charge in [0.05, 0.1) is 24.3 Å². The topological polar surface area (TPSA) is 52.6 Å². The van der Waals surface area contributed by atoms with Crippen molar-refractivity contribution in [3.8, 4) is 0 Å². The summed E-state index contributed by atoms with van der Waals surface area (Å²) in [5, 5.41) is 0. The fourth-order valence-electron chi connectivity index (χ4n) is 3.09. The number of ether oxygens (including phenoxy) is 2. The molecule has 4 heteroatoms. The molecule has 0 aliphatic heterocycles. The molecule has 1 rings (SSSR count). The largest absolute Gasteiger partial charge is 1.00 e. The van der Waals surface area contributed by atoms with Gasteiger partial charge in [0.15, 0.2) is 0 Å². The van der Waals surface area contributed by atoms with Gasteiger partial charge in [-0.1, -0.05) is 90.2 Å². The van der Waals surface area contributed by atoms with Crippen molar-refractivity contribution in [3.05, 3.63) is 35.4 Å². The van der Waals surface area contributed by atoms with Gasteiger partial charge in [0, 0.05) is 0 Å². The normalized spacial score (nSPS) is 10.6. The molecule has 4 nitrogen and oxygen atoms in total. The highest BCUT2D eigenvalue weighted by atomic mass is 16.5. The molecular formula is C24H39O4+. The molecule has 0 aliphatic carbocycles. The predicted octanol–water partition coefficient (Wildman–Crippen LogP) is 6.83. The molecule has 0 fully saturated rings. The number of unbranched alkanes of at least 4 members (excludes halogenated alkanes) is 10. The van der Waals surface area contributed by atoms with Gasteiger partial charge in [0.2, 0.25) is 0 Å². The van der Waals surface area contributed by atoms with Crippen molar-refractivity contribution in [1.82, 2.24) is 0 Å². The first-order chi connectivity index (χ1) is 13.7. The van der Waals surface area contributed by atoms with Gasteiger partial charge in [-0.2, -0.15) is 0 Å². The van der Waals surface area contributed by atoms with E-state index in [9.17, 15) is 9.59 Å². The zero-order chi connectivity index (χ0) is 20.5. The summed E-state index contributed by atoms with van der Waals surface area (Å²) < 4.78 is 10.7. The first-order valence-corrected chi connectivity index (χ1v) is 11.1. The first kappa shape index (κ1) is 24.2. The Morgan fingerprint density at radius 3 is 1.39 bits per heavy atom. The summed E-state index contributed by atoms with van der Waals surface area (Å²) in [6, 6.07) is 6.74. The molecule has 0 saturated carbocycles. The quantitative estimate of drug-likeness (QED) is 0.229. The van der Waals surface area contributed by atoms with Crippen molar-refractivity contribution >= 4 is 11.9 Å². The lowest BCUT2D eigenvalue weighted by Crippen LogP contribution is -2.15. The van der Waals surface area contributed by atoms with Crippen LogP contribution in [0.2, 0.25) is 0 Å². The van der Waals surface area contributed by atoms with Crippen LogP contribution in [-0.4, -0.2) is 25.2 Å². The lowest BCUT2D eigenvalue weighted by Gasteiger charge is -2.10. The van der Waals surface area contributed by atoms with Crippen LogP contribution in [0, 0.1) is 0 Å². The molecule has 0 radical (unpaired) electrons. The third-order valence-corrected chi connectivity index (χ3v) is 4.83. The molecule has 0 amide bonds. The van der Waals surface area contributed by atoms with E-state index in [-0.39, 0.29) is 1.43 Å². The monoisotopic (exact) mass is 391 g/mol. The minimum atomic E-state index is -0.444. The number of carbonyl (C=O) groups is 2. The van der Waals surface area contributed by atoms with Crippen LogP contribution in [0.5, 0.6) is 0 Å². The molecule has 0 aromatic heterocycles. The number of esters is 2. The van der Waals surface area contributed by atoms with E-state index < -0.39 is 11.9 Å². The highest BCUT2D eigenvalue weighted by molar-refractivity contribution is 6.03. The van der Waals surface area contributed by atoms with Crippen molar-refractivity contribution < 1.29 is 20.5 Å². The van der Waals surface area contributed by atoms with Crippen LogP contribution in [0.15, 0.2) is 24.3 Å². The van der Waals surface area contributed by atoms with Gasteiger partial charge in [0.25, 0.3) is 0 Å². The SMILES string of the molecule is CCCCCCCCOC(=O)c1ccccc1C(=O)OCCCCCCCC.[H+]. The van der Waals surface area contributed by atoms with Crippen molar-refractivity contribution in [2.45, 2.75) is 90.9 Å². The summed E-state index contributed by atoms with van der Waals surface area (Å²) in [5.41, 5.74) is 0.586. The molecule has 0 atom stereocenters. The van der Waals surface area contributed by atoms with Crippen molar-refractivity contribution in [2.75, 3.05) is 13.2 Å². The lowest BCUT2D eigenvalue weighted by atomic mass is 10.1. The van der Waals surface area contributed by atoms with Gasteiger partial charge in [-0.05, 0) is 25.0 Å². The summed E-state index contributed by atoms with van der Waals surface area (Å²) in [6.07, 6.45) is 13.6. The molecule has 0 unspecified atom stereocenters. The Labute approximate surface area is 172 Å². The van der Waals surface area contributed by atoms with Gasteiger partial charge >= 0.3 is 13.4 Å². The average molecular weight is 392 g/mol. The molecule has 0 heterocycles. The number of rotatable bonds is 16. The fourth-order valence-corrected chi connectivity index (χ4v) is 3.09. The van der Waals surface area contributed by atoms with Crippen LogP contribution < -0.4 is 0 Å². The van der Waals surface area contributed by atoms with E-state index in [4.69, 9.17) is 9.47 Å². The molecule has 28 heavy (non-hydrogen) atoms. The third kappa shape index (κ3) is 10.5. The van der Waals surface area contributed by atoms with E-state index in [1.807, 2.05) is 0 Å². The van der Waals surface area contributed by atoms with E-state index in [1.54, 1.807) is 24.3 Å². The minimum absolute atomic E-state index is 0. The second kappa shape index (κ2) is 16.1.